The van der Waals surface area contributed by atoms with Gasteiger partial charge in [0.2, 0.25) is 0 Å². The molecule has 3 heterocycles. The number of rotatable bonds is 3. The molecular formula is C15H18N4OS. The van der Waals surface area contributed by atoms with E-state index in [2.05, 4.69) is 15.3 Å². The third-order valence-corrected chi connectivity index (χ3v) is 4.27. The summed E-state index contributed by atoms with van der Waals surface area (Å²) in [4.78, 5) is 22.9. The third-order valence-electron chi connectivity index (χ3n) is 3.52. The second-order valence-corrected chi connectivity index (χ2v) is 5.94. The van der Waals surface area contributed by atoms with Gasteiger partial charge in [0.05, 0.1) is 0 Å². The number of hydrogen-bond donors (Lipinski definition) is 1. The number of carbonyl (C=O) groups excluding carboxylic acids is 1. The van der Waals surface area contributed by atoms with E-state index in [1.165, 1.54) is 24.2 Å². The molecule has 6 heteroatoms. The van der Waals surface area contributed by atoms with Crippen molar-refractivity contribution >= 4 is 28.2 Å². The van der Waals surface area contributed by atoms with Crippen LogP contribution in [0.4, 0.5) is 10.9 Å². The molecule has 5 nitrogen and oxygen atoms in total. The normalized spacial score (nSPS) is 15.5. The van der Waals surface area contributed by atoms with Gasteiger partial charge in [0, 0.05) is 24.7 Å². The zero-order valence-electron chi connectivity index (χ0n) is 11.8. The highest BCUT2D eigenvalue weighted by atomic mass is 32.1. The molecular weight excluding hydrogens is 284 g/mol. The van der Waals surface area contributed by atoms with Crippen molar-refractivity contribution in [3.8, 4) is 0 Å². The first-order chi connectivity index (χ1) is 10.3. The fourth-order valence-electron chi connectivity index (χ4n) is 2.41. The predicted molar refractivity (Wildman–Crippen MR) is 84.0 cm³/mol. The number of amides is 1. The first-order valence-corrected chi connectivity index (χ1v) is 8.14. The maximum atomic E-state index is 12.4. The highest BCUT2D eigenvalue weighted by Crippen LogP contribution is 2.21. The third kappa shape index (κ3) is 3.58. The topological polar surface area (TPSA) is 58.1 Å². The van der Waals surface area contributed by atoms with Gasteiger partial charge < -0.3 is 10.2 Å². The lowest BCUT2D eigenvalue weighted by molar-refractivity contribution is 0.0756. The number of hydrogen-bond acceptors (Lipinski definition) is 5. The van der Waals surface area contributed by atoms with E-state index in [1.54, 1.807) is 6.20 Å². The maximum Gasteiger partial charge on any atom is 0.273 e. The number of thiazole rings is 1. The molecule has 0 aromatic carbocycles. The van der Waals surface area contributed by atoms with Crippen molar-refractivity contribution in [3.05, 3.63) is 35.5 Å². The summed E-state index contributed by atoms with van der Waals surface area (Å²) in [5.41, 5.74) is 0.528. The SMILES string of the molecule is O=C(c1csc(Nc2ccccn2)n1)N1CCCCCC1. The Morgan fingerprint density at radius 3 is 2.71 bits per heavy atom. The van der Waals surface area contributed by atoms with Gasteiger partial charge in [-0.25, -0.2) is 9.97 Å². The number of pyridine rings is 1. The van der Waals surface area contributed by atoms with Crippen molar-refractivity contribution in [3.63, 3.8) is 0 Å². The van der Waals surface area contributed by atoms with Gasteiger partial charge in [-0.1, -0.05) is 18.9 Å². The zero-order chi connectivity index (χ0) is 14.5. The molecule has 1 N–H and O–H groups in total. The minimum Gasteiger partial charge on any atom is -0.337 e. The standard InChI is InChI=1S/C15H18N4OS/c20-14(19-9-5-1-2-6-10-19)12-11-21-15(17-12)18-13-7-3-4-8-16-13/h3-4,7-8,11H,1-2,5-6,9-10H2,(H,16,17,18). The average molecular weight is 302 g/mol. The predicted octanol–water partition coefficient (Wildman–Crippen LogP) is 3.30. The molecule has 0 unspecified atom stereocenters. The molecule has 0 radical (unpaired) electrons. The van der Waals surface area contributed by atoms with Gasteiger partial charge in [0.1, 0.15) is 11.5 Å². The number of likely N-dealkylation sites (tertiary alicyclic amines) is 1. The molecule has 1 aliphatic heterocycles. The van der Waals surface area contributed by atoms with Crippen molar-refractivity contribution in [2.75, 3.05) is 18.4 Å². The Hall–Kier alpha value is -1.95. The van der Waals surface area contributed by atoms with Crippen LogP contribution in [-0.2, 0) is 0 Å². The van der Waals surface area contributed by atoms with Crippen molar-refractivity contribution in [2.24, 2.45) is 0 Å². The van der Waals surface area contributed by atoms with Crippen LogP contribution in [0.5, 0.6) is 0 Å². The van der Waals surface area contributed by atoms with Crippen molar-refractivity contribution in [1.82, 2.24) is 14.9 Å². The quantitative estimate of drug-likeness (QED) is 0.945. The zero-order valence-corrected chi connectivity index (χ0v) is 12.6. The highest BCUT2D eigenvalue weighted by molar-refractivity contribution is 7.14. The number of nitrogens with one attached hydrogen (secondary N) is 1. The Bertz CT molecular complexity index is 591. The van der Waals surface area contributed by atoms with Gasteiger partial charge >= 0.3 is 0 Å². The van der Waals surface area contributed by atoms with Crippen LogP contribution in [0.2, 0.25) is 0 Å². The van der Waals surface area contributed by atoms with E-state index >= 15 is 0 Å². The molecule has 1 saturated heterocycles. The lowest BCUT2D eigenvalue weighted by Gasteiger charge is -2.18. The van der Waals surface area contributed by atoms with Crippen LogP contribution < -0.4 is 5.32 Å². The van der Waals surface area contributed by atoms with E-state index in [1.807, 2.05) is 28.5 Å². The summed E-state index contributed by atoms with van der Waals surface area (Å²) in [6, 6.07) is 5.64. The van der Waals surface area contributed by atoms with Crippen LogP contribution in [0.15, 0.2) is 29.8 Å². The van der Waals surface area contributed by atoms with Gasteiger partial charge in [-0.15, -0.1) is 11.3 Å². The van der Waals surface area contributed by atoms with E-state index < -0.39 is 0 Å². The minimum absolute atomic E-state index is 0.0437. The molecule has 1 amide bonds. The molecule has 0 saturated carbocycles. The van der Waals surface area contributed by atoms with Gasteiger partial charge in [-0.3, -0.25) is 4.79 Å². The summed E-state index contributed by atoms with van der Waals surface area (Å²) in [6.07, 6.45) is 6.34. The fraction of sp³-hybridized carbons (Fsp3) is 0.400. The molecule has 0 atom stereocenters. The van der Waals surface area contributed by atoms with E-state index in [0.29, 0.717) is 10.8 Å². The molecule has 1 fully saturated rings. The molecule has 21 heavy (non-hydrogen) atoms. The summed E-state index contributed by atoms with van der Waals surface area (Å²) < 4.78 is 0. The summed E-state index contributed by atoms with van der Waals surface area (Å²) in [5.74, 6) is 0.780. The van der Waals surface area contributed by atoms with Crippen LogP contribution in [0.1, 0.15) is 36.2 Å². The van der Waals surface area contributed by atoms with Crippen LogP contribution in [0.3, 0.4) is 0 Å². The minimum atomic E-state index is 0.0437. The van der Waals surface area contributed by atoms with Crippen LogP contribution >= 0.6 is 11.3 Å². The molecule has 0 bridgehead atoms. The second kappa shape index (κ2) is 6.67. The smallest absolute Gasteiger partial charge is 0.273 e. The number of anilines is 2. The average Bonchev–Trinajstić information content (AvgIpc) is 2.81. The summed E-state index contributed by atoms with van der Waals surface area (Å²) in [7, 11) is 0. The van der Waals surface area contributed by atoms with Crippen LogP contribution in [0, 0.1) is 0 Å². The fourth-order valence-corrected chi connectivity index (χ4v) is 3.10. The Kier molecular flexibility index (Phi) is 4.45. The molecule has 3 rings (SSSR count). The van der Waals surface area contributed by atoms with Crippen molar-refractivity contribution in [1.29, 1.82) is 0 Å². The van der Waals surface area contributed by atoms with Crippen molar-refractivity contribution < 1.29 is 4.79 Å². The first kappa shape index (κ1) is 14.0. The van der Waals surface area contributed by atoms with Crippen LogP contribution in [0.25, 0.3) is 0 Å². The summed E-state index contributed by atoms with van der Waals surface area (Å²) in [5, 5.41) is 5.64. The maximum absolute atomic E-state index is 12.4. The Balaban J connectivity index is 1.67. The molecule has 1 aliphatic rings. The Labute approximate surface area is 128 Å². The molecule has 110 valence electrons. The molecule has 0 aliphatic carbocycles. The number of aromatic nitrogens is 2. The largest absolute Gasteiger partial charge is 0.337 e. The monoisotopic (exact) mass is 302 g/mol. The number of carbonyl (C=O) groups is 1. The van der Waals surface area contributed by atoms with Gasteiger partial charge in [0.25, 0.3) is 5.91 Å². The van der Waals surface area contributed by atoms with E-state index in [-0.39, 0.29) is 5.91 Å². The van der Waals surface area contributed by atoms with Gasteiger partial charge in [-0.05, 0) is 25.0 Å². The van der Waals surface area contributed by atoms with Gasteiger partial charge in [-0.2, -0.15) is 0 Å². The lowest BCUT2D eigenvalue weighted by Crippen LogP contribution is -2.32. The first-order valence-electron chi connectivity index (χ1n) is 7.26. The molecule has 2 aromatic rings. The Morgan fingerprint density at radius 1 is 1.19 bits per heavy atom. The van der Waals surface area contributed by atoms with Gasteiger partial charge in [0.15, 0.2) is 5.13 Å². The van der Waals surface area contributed by atoms with E-state index in [9.17, 15) is 4.79 Å². The van der Waals surface area contributed by atoms with Crippen LogP contribution in [-0.4, -0.2) is 33.9 Å². The Morgan fingerprint density at radius 2 is 2.00 bits per heavy atom. The van der Waals surface area contributed by atoms with E-state index in [0.717, 1.165) is 31.7 Å². The molecule has 0 spiro atoms. The second-order valence-electron chi connectivity index (χ2n) is 5.08. The van der Waals surface area contributed by atoms with E-state index in [4.69, 9.17) is 0 Å². The summed E-state index contributed by atoms with van der Waals surface area (Å²) >= 11 is 1.43. The number of nitrogens with zero attached hydrogens (tertiary/aromatic N) is 3. The summed E-state index contributed by atoms with van der Waals surface area (Å²) in [6.45, 7) is 1.69. The van der Waals surface area contributed by atoms with Crippen molar-refractivity contribution in [2.45, 2.75) is 25.7 Å². The molecule has 2 aromatic heterocycles. The highest BCUT2D eigenvalue weighted by Gasteiger charge is 2.19. The lowest BCUT2D eigenvalue weighted by atomic mass is 10.2.